The summed E-state index contributed by atoms with van der Waals surface area (Å²) in [6.07, 6.45) is -1.32. The van der Waals surface area contributed by atoms with Gasteiger partial charge < -0.3 is 32.3 Å². The van der Waals surface area contributed by atoms with Crippen LogP contribution in [0.25, 0.3) is 0 Å². The molecule has 0 aromatic heterocycles. The molecule has 0 radical (unpaired) electrons. The molecule has 0 bridgehead atoms. The molecule has 0 aromatic rings. The summed E-state index contributed by atoms with van der Waals surface area (Å²) in [5.41, 5.74) is 10.4. The molecule has 120 valence electrons. The fourth-order valence-corrected chi connectivity index (χ4v) is 1.34. The number of aliphatic hydroxyl groups excluding tert-OH is 1. The van der Waals surface area contributed by atoms with Crippen LogP contribution in [0.15, 0.2) is 0 Å². The Bertz CT molecular complexity index is 412. The molecule has 0 aromatic carbocycles. The minimum absolute atomic E-state index is 0.0359. The second-order valence-corrected chi connectivity index (χ2v) is 4.45. The number of hydrogen-bond acceptors (Lipinski definition) is 6. The first-order valence-corrected chi connectivity index (χ1v) is 6.17. The highest BCUT2D eigenvalue weighted by atomic mass is 16.4. The summed E-state index contributed by atoms with van der Waals surface area (Å²) in [4.78, 5) is 44.2. The topological polar surface area (TPSA) is 185 Å². The normalized spacial score (nSPS) is 14.6. The van der Waals surface area contributed by atoms with Crippen molar-refractivity contribution in [3.8, 4) is 0 Å². The molecule has 21 heavy (non-hydrogen) atoms. The van der Waals surface area contributed by atoms with Gasteiger partial charge in [-0.05, 0) is 13.3 Å². The third kappa shape index (κ3) is 7.84. The Labute approximate surface area is 120 Å². The number of amides is 3. The van der Waals surface area contributed by atoms with Crippen LogP contribution in [0.2, 0.25) is 0 Å². The van der Waals surface area contributed by atoms with Crippen molar-refractivity contribution in [2.45, 2.75) is 38.0 Å². The second-order valence-electron chi connectivity index (χ2n) is 4.45. The van der Waals surface area contributed by atoms with E-state index < -0.39 is 48.4 Å². The standard InChI is InChI=1S/C11H20N4O6/c1-5(16)9(11(20)21)15-8(18)4-14-10(19)6(12)2-3-7(13)17/h5-6,9,16H,2-4,12H2,1H3,(H2,13,17)(H,14,19)(H,15,18)(H,20,21). The van der Waals surface area contributed by atoms with Crippen LogP contribution in [0.4, 0.5) is 0 Å². The quantitative estimate of drug-likeness (QED) is 0.257. The second kappa shape index (κ2) is 8.87. The highest BCUT2D eigenvalue weighted by Crippen LogP contribution is 1.94. The summed E-state index contributed by atoms with van der Waals surface area (Å²) in [6.45, 7) is 0.705. The Morgan fingerprint density at radius 2 is 1.81 bits per heavy atom. The highest BCUT2D eigenvalue weighted by Gasteiger charge is 2.25. The van der Waals surface area contributed by atoms with Gasteiger partial charge in [0.15, 0.2) is 6.04 Å². The lowest BCUT2D eigenvalue weighted by Crippen LogP contribution is -2.51. The van der Waals surface area contributed by atoms with E-state index in [-0.39, 0.29) is 12.8 Å². The van der Waals surface area contributed by atoms with Crippen LogP contribution in [0, 0.1) is 0 Å². The molecular formula is C11H20N4O6. The maximum absolute atomic E-state index is 11.5. The zero-order valence-corrected chi connectivity index (χ0v) is 11.5. The lowest BCUT2D eigenvalue weighted by Gasteiger charge is -2.17. The molecule has 10 nitrogen and oxygen atoms in total. The molecule has 0 aliphatic carbocycles. The van der Waals surface area contributed by atoms with Gasteiger partial charge in [-0.2, -0.15) is 0 Å². The molecule has 0 saturated heterocycles. The molecule has 3 amide bonds. The van der Waals surface area contributed by atoms with Gasteiger partial charge in [-0.1, -0.05) is 0 Å². The van der Waals surface area contributed by atoms with Gasteiger partial charge in [-0.15, -0.1) is 0 Å². The average Bonchev–Trinajstić information content (AvgIpc) is 2.38. The fourth-order valence-electron chi connectivity index (χ4n) is 1.34. The van der Waals surface area contributed by atoms with Crippen molar-refractivity contribution >= 4 is 23.7 Å². The third-order valence-corrected chi connectivity index (χ3v) is 2.53. The van der Waals surface area contributed by atoms with Crippen LogP contribution in [0.3, 0.4) is 0 Å². The molecule has 0 aliphatic rings. The number of nitrogens with one attached hydrogen (secondary N) is 2. The number of nitrogens with two attached hydrogens (primary N) is 2. The Balaban J connectivity index is 4.20. The van der Waals surface area contributed by atoms with Gasteiger partial charge >= 0.3 is 5.97 Å². The SMILES string of the molecule is CC(O)C(NC(=O)CNC(=O)C(N)CCC(N)=O)C(=O)O. The van der Waals surface area contributed by atoms with Crippen LogP contribution in [0.5, 0.6) is 0 Å². The van der Waals surface area contributed by atoms with Crippen molar-refractivity contribution in [3.05, 3.63) is 0 Å². The lowest BCUT2D eigenvalue weighted by atomic mass is 10.1. The number of carboxylic acid groups (broad SMARTS) is 1. The smallest absolute Gasteiger partial charge is 0.328 e. The monoisotopic (exact) mass is 304 g/mol. The molecule has 0 fully saturated rings. The predicted molar refractivity (Wildman–Crippen MR) is 70.7 cm³/mol. The van der Waals surface area contributed by atoms with Gasteiger partial charge in [-0.3, -0.25) is 14.4 Å². The summed E-state index contributed by atoms with van der Waals surface area (Å²) >= 11 is 0. The molecule has 3 atom stereocenters. The Kier molecular flexibility index (Phi) is 7.94. The minimum atomic E-state index is -1.47. The first kappa shape index (κ1) is 18.8. The third-order valence-electron chi connectivity index (χ3n) is 2.53. The van der Waals surface area contributed by atoms with E-state index in [1.165, 1.54) is 6.92 Å². The molecule has 0 spiro atoms. The summed E-state index contributed by atoms with van der Waals surface area (Å²) in [7, 11) is 0. The maximum atomic E-state index is 11.5. The predicted octanol–water partition coefficient (Wildman–Crippen LogP) is -3.35. The molecule has 0 aliphatic heterocycles. The number of rotatable bonds is 9. The van der Waals surface area contributed by atoms with Gasteiger partial charge in [0.05, 0.1) is 18.7 Å². The van der Waals surface area contributed by atoms with Crippen LogP contribution in [-0.2, 0) is 19.2 Å². The summed E-state index contributed by atoms with van der Waals surface area (Å²) in [6, 6.07) is -2.48. The molecule has 0 heterocycles. The molecule has 0 saturated carbocycles. The first-order valence-electron chi connectivity index (χ1n) is 6.17. The lowest BCUT2D eigenvalue weighted by molar-refractivity contribution is -0.144. The van der Waals surface area contributed by atoms with E-state index in [1.54, 1.807) is 0 Å². The van der Waals surface area contributed by atoms with Crippen LogP contribution in [0.1, 0.15) is 19.8 Å². The summed E-state index contributed by atoms with van der Waals surface area (Å²) in [5.74, 6) is -3.46. The van der Waals surface area contributed by atoms with Gasteiger partial charge in [-0.25, -0.2) is 4.79 Å². The Hall–Kier alpha value is -2.20. The van der Waals surface area contributed by atoms with Crippen molar-refractivity contribution in [2.24, 2.45) is 11.5 Å². The van der Waals surface area contributed by atoms with E-state index in [2.05, 4.69) is 5.32 Å². The number of carbonyl (C=O) groups is 4. The van der Waals surface area contributed by atoms with Crippen molar-refractivity contribution in [1.29, 1.82) is 0 Å². The van der Waals surface area contributed by atoms with E-state index in [4.69, 9.17) is 16.6 Å². The highest BCUT2D eigenvalue weighted by molar-refractivity contribution is 5.89. The van der Waals surface area contributed by atoms with Crippen molar-refractivity contribution in [2.75, 3.05) is 6.54 Å². The van der Waals surface area contributed by atoms with Gasteiger partial charge in [0.2, 0.25) is 17.7 Å². The zero-order chi connectivity index (χ0) is 16.6. The molecule has 3 unspecified atom stereocenters. The molecule has 0 rings (SSSR count). The van der Waals surface area contributed by atoms with E-state index in [1.807, 2.05) is 5.32 Å². The number of carbonyl (C=O) groups excluding carboxylic acids is 3. The van der Waals surface area contributed by atoms with Crippen LogP contribution in [-0.4, -0.2) is 58.6 Å². The van der Waals surface area contributed by atoms with Crippen molar-refractivity contribution in [3.63, 3.8) is 0 Å². The van der Waals surface area contributed by atoms with Crippen LogP contribution < -0.4 is 22.1 Å². The van der Waals surface area contributed by atoms with E-state index in [0.29, 0.717) is 0 Å². The Morgan fingerprint density at radius 3 is 2.24 bits per heavy atom. The number of hydrogen-bond donors (Lipinski definition) is 6. The maximum Gasteiger partial charge on any atom is 0.328 e. The number of aliphatic hydroxyl groups is 1. The zero-order valence-electron chi connectivity index (χ0n) is 11.5. The van der Waals surface area contributed by atoms with E-state index >= 15 is 0 Å². The molecule has 8 N–H and O–H groups in total. The van der Waals surface area contributed by atoms with Gasteiger partial charge in [0.1, 0.15) is 0 Å². The summed E-state index contributed by atoms with van der Waals surface area (Å²) < 4.78 is 0. The van der Waals surface area contributed by atoms with Crippen LogP contribution >= 0.6 is 0 Å². The van der Waals surface area contributed by atoms with Gasteiger partial charge in [0.25, 0.3) is 0 Å². The number of carboxylic acids is 1. The summed E-state index contributed by atoms with van der Waals surface area (Å²) in [5, 5.41) is 22.2. The molecule has 10 heteroatoms. The van der Waals surface area contributed by atoms with Gasteiger partial charge in [0, 0.05) is 6.42 Å². The fraction of sp³-hybridized carbons (Fsp3) is 0.636. The average molecular weight is 304 g/mol. The Morgan fingerprint density at radius 1 is 1.24 bits per heavy atom. The first-order chi connectivity index (χ1) is 9.65. The molecular weight excluding hydrogens is 284 g/mol. The largest absolute Gasteiger partial charge is 0.480 e. The minimum Gasteiger partial charge on any atom is -0.480 e. The van der Waals surface area contributed by atoms with Crippen molar-refractivity contribution in [1.82, 2.24) is 10.6 Å². The number of primary amides is 1. The van der Waals surface area contributed by atoms with E-state index in [9.17, 15) is 24.3 Å². The van der Waals surface area contributed by atoms with E-state index in [0.717, 1.165) is 0 Å². The van der Waals surface area contributed by atoms with Crippen molar-refractivity contribution < 1.29 is 29.4 Å². The number of aliphatic carboxylic acids is 1.